The van der Waals surface area contributed by atoms with Crippen molar-refractivity contribution in [1.82, 2.24) is 19.9 Å². The second-order valence-corrected chi connectivity index (χ2v) is 6.82. The van der Waals surface area contributed by atoms with E-state index in [1.807, 2.05) is 44.2 Å². The molecule has 0 atom stereocenters. The van der Waals surface area contributed by atoms with E-state index in [0.29, 0.717) is 23.7 Å². The van der Waals surface area contributed by atoms with Gasteiger partial charge in [0, 0.05) is 30.4 Å². The van der Waals surface area contributed by atoms with E-state index in [0.717, 1.165) is 22.7 Å². The van der Waals surface area contributed by atoms with E-state index in [9.17, 15) is 9.59 Å². The molecule has 0 aliphatic rings. The van der Waals surface area contributed by atoms with Crippen LogP contribution in [-0.2, 0) is 13.0 Å². The Morgan fingerprint density at radius 2 is 2.04 bits per heavy atom. The summed E-state index contributed by atoms with van der Waals surface area (Å²) < 4.78 is 1.49. The number of carbonyl (C=O) groups is 1. The number of nitrogens with zero attached hydrogens (tertiary/aromatic N) is 3. The van der Waals surface area contributed by atoms with Crippen LogP contribution in [0.2, 0.25) is 0 Å². The maximum atomic E-state index is 12.4. The minimum atomic E-state index is -0.173. The van der Waals surface area contributed by atoms with Crippen LogP contribution in [0.4, 0.5) is 0 Å². The van der Waals surface area contributed by atoms with Crippen LogP contribution in [0.15, 0.2) is 47.5 Å². The summed E-state index contributed by atoms with van der Waals surface area (Å²) in [5.41, 5.74) is 2.36. The summed E-state index contributed by atoms with van der Waals surface area (Å²) in [5.74, 6) is -0.173. The number of aromatic nitrogens is 3. The topological polar surface area (TPSA) is 76.9 Å². The molecular weight excluding hydrogens is 348 g/mol. The van der Waals surface area contributed by atoms with Crippen molar-refractivity contribution in [3.63, 3.8) is 0 Å². The van der Waals surface area contributed by atoms with Gasteiger partial charge >= 0.3 is 0 Å². The number of hydrogen-bond acceptors (Lipinski definition) is 5. The lowest BCUT2D eigenvalue weighted by molar-refractivity contribution is 0.0955. The summed E-state index contributed by atoms with van der Waals surface area (Å²) in [6, 6.07) is 11.3. The summed E-state index contributed by atoms with van der Waals surface area (Å²) >= 11 is 1.37. The Morgan fingerprint density at radius 3 is 2.73 bits per heavy atom. The minimum Gasteiger partial charge on any atom is -0.349 e. The second-order valence-electron chi connectivity index (χ2n) is 5.82. The highest BCUT2D eigenvalue weighted by atomic mass is 32.1. The molecule has 0 aliphatic heterocycles. The van der Waals surface area contributed by atoms with Gasteiger partial charge in [-0.05, 0) is 13.3 Å². The number of benzene rings is 1. The third kappa shape index (κ3) is 4.05. The predicted octanol–water partition coefficient (Wildman–Crippen LogP) is 2.67. The number of hydrogen-bond donors (Lipinski definition) is 1. The van der Waals surface area contributed by atoms with Crippen molar-refractivity contribution < 1.29 is 4.79 Å². The quantitative estimate of drug-likeness (QED) is 0.726. The molecule has 0 fully saturated rings. The van der Waals surface area contributed by atoms with Crippen LogP contribution in [0, 0.1) is 6.92 Å². The van der Waals surface area contributed by atoms with Gasteiger partial charge in [0.1, 0.15) is 9.88 Å². The van der Waals surface area contributed by atoms with Gasteiger partial charge < -0.3 is 5.32 Å². The van der Waals surface area contributed by atoms with Gasteiger partial charge in [0.2, 0.25) is 0 Å². The average Bonchev–Trinajstić information content (AvgIpc) is 3.05. The lowest BCUT2D eigenvalue weighted by Crippen LogP contribution is -2.30. The van der Waals surface area contributed by atoms with Gasteiger partial charge in [0.25, 0.3) is 11.5 Å². The van der Waals surface area contributed by atoms with Crippen molar-refractivity contribution in [1.29, 1.82) is 0 Å². The highest BCUT2D eigenvalue weighted by Gasteiger charge is 2.15. The maximum Gasteiger partial charge on any atom is 0.263 e. The molecule has 0 saturated carbocycles. The Bertz CT molecular complexity index is 963. The molecule has 0 aliphatic carbocycles. The van der Waals surface area contributed by atoms with Crippen LogP contribution >= 0.6 is 11.3 Å². The minimum absolute atomic E-state index is 0.105. The first-order valence-electron chi connectivity index (χ1n) is 8.45. The molecule has 3 rings (SSSR count). The van der Waals surface area contributed by atoms with E-state index < -0.39 is 0 Å². The van der Waals surface area contributed by atoms with Crippen molar-refractivity contribution in [3.8, 4) is 10.6 Å². The van der Waals surface area contributed by atoms with Crippen LogP contribution < -0.4 is 10.9 Å². The number of nitrogens with one attached hydrogen (secondary N) is 1. The first kappa shape index (κ1) is 18.0. The monoisotopic (exact) mass is 368 g/mol. The zero-order valence-electron chi connectivity index (χ0n) is 14.7. The number of aryl methyl sites for hydroxylation is 2. The maximum absolute atomic E-state index is 12.4. The third-order valence-electron chi connectivity index (χ3n) is 3.96. The molecule has 134 valence electrons. The van der Waals surface area contributed by atoms with Crippen LogP contribution in [0.25, 0.3) is 10.6 Å². The zero-order chi connectivity index (χ0) is 18.5. The summed E-state index contributed by atoms with van der Waals surface area (Å²) in [4.78, 5) is 33.7. The largest absolute Gasteiger partial charge is 0.349 e. The van der Waals surface area contributed by atoms with Gasteiger partial charge in [-0.25, -0.2) is 9.97 Å². The van der Waals surface area contributed by atoms with Crippen molar-refractivity contribution in [2.24, 2.45) is 0 Å². The number of rotatable bonds is 6. The van der Waals surface area contributed by atoms with E-state index in [-0.39, 0.29) is 11.5 Å². The molecule has 3 aromatic rings. The van der Waals surface area contributed by atoms with Gasteiger partial charge in [0.15, 0.2) is 0 Å². The number of thiazole rings is 1. The van der Waals surface area contributed by atoms with Gasteiger partial charge in [-0.3, -0.25) is 14.2 Å². The molecule has 2 aromatic heterocycles. The zero-order valence-corrected chi connectivity index (χ0v) is 15.5. The Balaban J connectivity index is 1.64. The van der Waals surface area contributed by atoms with Crippen LogP contribution in [0.1, 0.15) is 28.0 Å². The molecular formula is C19H20N4O2S. The Kier molecular flexibility index (Phi) is 5.58. The normalized spacial score (nSPS) is 10.7. The molecule has 1 amide bonds. The molecule has 0 bridgehead atoms. The molecule has 1 aromatic carbocycles. The summed E-state index contributed by atoms with van der Waals surface area (Å²) in [5, 5.41) is 3.68. The Hall–Kier alpha value is -2.80. The molecule has 6 nitrogen and oxygen atoms in total. The third-order valence-corrected chi connectivity index (χ3v) is 5.17. The molecule has 0 unspecified atom stereocenters. The first-order chi connectivity index (χ1) is 12.6. The lowest BCUT2D eigenvalue weighted by Gasteiger charge is -2.07. The highest BCUT2D eigenvalue weighted by Crippen LogP contribution is 2.27. The second kappa shape index (κ2) is 8.05. The Labute approximate surface area is 155 Å². The van der Waals surface area contributed by atoms with E-state index in [4.69, 9.17) is 0 Å². The average molecular weight is 368 g/mol. The van der Waals surface area contributed by atoms with Crippen LogP contribution in [-0.4, -0.2) is 27.0 Å². The SMILES string of the molecule is CCc1cc(=O)n(CCNC(=O)c2sc(-c3ccccc3)nc2C)cn1. The van der Waals surface area contributed by atoms with E-state index in [1.165, 1.54) is 28.3 Å². The predicted molar refractivity (Wildman–Crippen MR) is 102 cm³/mol. The van der Waals surface area contributed by atoms with Crippen LogP contribution in [0.5, 0.6) is 0 Å². The molecule has 7 heteroatoms. The molecule has 26 heavy (non-hydrogen) atoms. The number of carbonyl (C=O) groups excluding carboxylic acids is 1. The first-order valence-corrected chi connectivity index (χ1v) is 9.26. The van der Waals surface area contributed by atoms with Crippen LogP contribution in [0.3, 0.4) is 0 Å². The van der Waals surface area contributed by atoms with E-state index in [2.05, 4.69) is 15.3 Å². The molecule has 2 heterocycles. The fourth-order valence-electron chi connectivity index (χ4n) is 2.51. The fraction of sp³-hybridized carbons (Fsp3) is 0.263. The Morgan fingerprint density at radius 1 is 1.27 bits per heavy atom. The van der Waals surface area contributed by atoms with Gasteiger partial charge in [-0.1, -0.05) is 37.3 Å². The molecule has 1 N–H and O–H groups in total. The van der Waals surface area contributed by atoms with E-state index >= 15 is 0 Å². The lowest BCUT2D eigenvalue weighted by atomic mass is 10.2. The smallest absolute Gasteiger partial charge is 0.263 e. The van der Waals surface area contributed by atoms with Gasteiger partial charge in [0.05, 0.1) is 12.0 Å². The van der Waals surface area contributed by atoms with Gasteiger partial charge in [-0.2, -0.15) is 0 Å². The standard InChI is InChI=1S/C19H20N4O2S/c1-3-15-11-16(24)23(12-21-15)10-9-20-18(25)17-13(2)22-19(26-17)14-7-5-4-6-8-14/h4-8,11-12H,3,9-10H2,1-2H3,(H,20,25). The number of amides is 1. The van der Waals surface area contributed by atoms with Crippen molar-refractivity contribution >= 4 is 17.2 Å². The molecule has 0 radical (unpaired) electrons. The van der Waals surface area contributed by atoms with Crippen molar-refractivity contribution in [2.45, 2.75) is 26.8 Å². The molecule has 0 saturated heterocycles. The van der Waals surface area contributed by atoms with Crippen molar-refractivity contribution in [2.75, 3.05) is 6.54 Å². The van der Waals surface area contributed by atoms with E-state index in [1.54, 1.807) is 0 Å². The summed E-state index contributed by atoms with van der Waals surface area (Å²) in [6.07, 6.45) is 2.25. The van der Waals surface area contributed by atoms with Crippen molar-refractivity contribution in [3.05, 3.63) is 69.3 Å². The fourth-order valence-corrected chi connectivity index (χ4v) is 3.49. The highest BCUT2D eigenvalue weighted by molar-refractivity contribution is 7.17. The van der Waals surface area contributed by atoms with Gasteiger partial charge in [-0.15, -0.1) is 11.3 Å². The summed E-state index contributed by atoms with van der Waals surface area (Å²) in [6.45, 7) is 4.51. The molecule has 0 spiro atoms. The summed E-state index contributed by atoms with van der Waals surface area (Å²) in [7, 11) is 0.